The van der Waals surface area contributed by atoms with Crippen LogP contribution < -0.4 is 0 Å². The first-order chi connectivity index (χ1) is 8.30. The Labute approximate surface area is 122 Å². The molecule has 114 valence electrons. The Bertz CT molecular complexity index is 297. The van der Waals surface area contributed by atoms with Crippen LogP contribution in [0.4, 0.5) is 0 Å². The molecule has 1 fully saturated rings. The summed E-state index contributed by atoms with van der Waals surface area (Å²) in [6.07, 6.45) is 3.04. The van der Waals surface area contributed by atoms with Gasteiger partial charge in [0.2, 0.25) is 0 Å². The van der Waals surface area contributed by atoms with E-state index in [0.29, 0.717) is 23.5 Å². The van der Waals surface area contributed by atoms with E-state index in [1.807, 2.05) is 0 Å². The molecule has 2 nitrogen and oxygen atoms in total. The Hall–Kier alpha value is 0.354. The highest BCUT2D eigenvalue weighted by Gasteiger charge is 2.46. The second kappa shape index (κ2) is 5.62. The highest BCUT2D eigenvalue weighted by molar-refractivity contribution is 6.70. The van der Waals surface area contributed by atoms with Gasteiger partial charge in [0, 0.05) is 0 Å². The monoisotopic (exact) mass is 302 g/mol. The first kappa shape index (κ1) is 17.4. The summed E-state index contributed by atoms with van der Waals surface area (Å²) in [4.78, 5) is 0. The Kier molecular flexibility index (Phi) is 5.15. The van der Waals surface area contributed by atoms with Crippen LogP contribution >= 0.6 is 0 Å². The third kappa shape index (κ3) is 5.70. The van der Waals surface area contributed by atoms with E-state index in [1.165, 1.54) is 12.8 Å². The molecule has 1 aliphatic carbocycles. The summed E-state index contributed by atoms with van der Waals surface area (Å²) in [5.74, 6) is 0.626. The van der Waals surface area contributed by atoms with E-state index in [0.717, 1.165) is 0 Å². The molecule has 0 aliphatic heterocycles. The van der Waals surface area contributed by atoms with Gasteiger partial charge in [0.1, 0.15) is 0 Å². The van der Waals surface area contributed by atoms with Crippen LogP contribution in [0.3, 0.4) is 0 Å². The van der Waals surface area contributed by atoms with Gasteiger partial charge in [-0.2, -0.15) is 0 Å². The number of hydrogen-bond acceptors (Lipinski definition) is 2. The summed E-state index contributed by atoms with van der Waals surface area (Å²) in [6, 6.07) is 0. The van der Waals surface area contributed by atoms with Gasteiger partial charge in [-0.05, 0) is 63.5 Å². The maximum atomic E-state index is 6.53. The number of rotatable bonds is 4. The van der Waals surface area contributed by atoms with Crippen LogP contribution in [0.1, 0.15) is 33.6 Å². The first-order valence-corrected chi connectivity index (χ1v) is 14.5. The van der Waals surface area contributed by atoms with Crippen LogP contribution in [-0.4, -0.2) is 28.8 Å². The fraction of sp³-hybridized carbons (Fsp3) is 1.00. The van der Waals surface area contributed by atoms with Crippen LogP contribution in [0.15, 0.2) is 0 Å². The van der Waals surface area contributed by atoms with Crippen molar-refractivity contribution in [3.05, 3.63) is 0 Å². The second-order valence-electron chi connectivity index (χ2n) is 9.01. The van der Waals surface area contributed by atoms with E-state index < -0.39 is 16.6 Å². The Balaban J connectivity index is 2.88. The molecule has 0 N–H and O–H groups in total. The van der Waals surface area contributed by atoms with Gasteiger partial charge in [-0.3, -0.25) is 0 Å². The Morgan fingerprint density at radius 3 is 1.63 bits per heavy atom. The zero-order valence-electron chi connectivity index (χ0n) is 14.5. The summed E-state index contributed by atoms with van der Waals surface area (Å²) in [5, 5.41) is 0. The highest BCUT2D eigenvalue weighted by Crippen LogP contribution is 2.43. The van der Waals surface area contributed by atoms with Crippen LogP contribution in [0, 0.1) is 11.3 Å². The normalized spacial score (nSPS) is 29.8. The lowest BCUT2D eigenvalue weighted by Gasteiger charge is -2.39. The largest absolute Gasteiger partial charge is 0.412 e. The van der Waals surface area contributed by atoms with Crippen LogP contribution in [0.5, 0.6) is 0 Å². The maximum absolute atomic E-state index is 6.53. The van der Waals surface area contributed by atoms with E-state index in [4.69, 9.17) is 8.85 Å². The second-order valence-corrected chi connectivity index (χ2v) is 17.9. The Morgan fingerprint density at radius 1 is 0.789 bits per heavy atom. The van der Waals surface area contributed by atoms with Crippen molar-refractivity contribution in [3.8, 4) is 0 Å². The zero-order chi connectivity index (χ0) is 15.1. The van der Waals surface area contributed by atoms with Crippen molar-refractivity contribution in [2.75, 3.05) is 0 Å². The van der Waals surface area contributed by atoms with Crippen molar-refractivity contribution in [2.24, 2.45) is 11.3 Å². The van der Waals surface area contributed by atoms with Crippen LogP contribution in [-0.2, 0) is 8.85 Å². The fourth-order valence-electron chi connectivity index (χ4n) is 3.00. The van der Waals surface area contributed by atoms with Gasteiger partial charge in [0.05, 0.1) is 12.2 Å². The fourth-order valence-corrected chi connectivity index (χ4v) is 5.30. The third-order valence-corrected chi connectivity index (χ3v) is 5.62. The van der Waals surface area contributed by atoms with Crippen LogP contribution in [0.25, 0.3) is 0 Å². The van der Waals surface area contributed by atoms with Gasteiger partial charge in [-0.1, -0.05) is 20.8 Å². The lowest BCUT2D eigenvalue weighted by Crippen LogP contribution is -2.46. The van der Waals surface area contributed by atoms with E-state index in [-0.39, 0.29) is 0 Å². The molecule has 1 aliphatic rings. The minimum absolute atomic E-state index is 0.304. The molecule has 0 aromatic carbocycles. The quantitative estimate of drug-likeness (QED) is 0.689. The predicted octanol–water partition coefficient (Wildman–Crippen LogP) is 4.88. The molecule has 0 aromatic rings. The predicted molar refractivity (Wildman–Crippen MR) is 88.6 cm³/mol. The molecule has 4 heteroatoms. The van der Waals surface area contributed by atoms with Crippen molar-refractivity contribution in [3.63, 3.8) is 0 Å². The van der Waals surface area contributed by atoms with Crippen LogP contribution in [0.2, 0.25) is 39.3 Å². The van der Waals surface area contributed by atoms with Crippen molar-refractivity contribution in [1.82, 2.24) is 0 Å². The lowest BCUT2D eigenvalue weighted by atomic mass is 9.78. The average molecular weight is 303 g/mol. The van der Waals surface area contributed by atoms with Gasteiger partial charge < -0.3 is 8.85 Å². The van der Waals surface area contributed by atoms with Gasteiger partial charge in [-0.25, -0.2) is 0 Å². The molecule has 0 heterocycles. The summed E-state index contributed by atoms with van der Waals surface area (Å²) in [7, 11) is -3.02. The number of hydrogen-bond donors (Lipinski definition) is 0. The summed E-state index contributed by atoms with van der Waals surface area (Å²) < 4.78 is 13.0. The molecular weight excluding hydrogens is 268 g/mol. The van der Waals surface area contributed by atoms with Crippen molar-refractivity contribution >= 4 is 16.6 Å². The molecule has 1 rings (SSSR count). The molecule has 19 heavy (non-hydrogen) atoms. The Morgan fingerprint density at radius 2 is 1.26 bits per heavy atom. The lowest BCUT2D eigenvalue weighted by molar-refractivity contribution is 0.0129. The van der Waals surface area contributed by atoms with E-state index in [9.17, 15) is 0 Å². The van der Waals surface area contributed by atoms with E-state index in [1.54, 1.807) is 0 Å². The van der Waals surface area contributed by atoms with Gasteiger partial charge in [0.25, 0.3) is 0 Å². The SMILES string of the molecule is CC(C)(C)C1CCC(O[Si](C)(C)C)C1O[Si](C)(C)C. The van der Waals surface area contributed by atoms with Crippen molar-refractivity contribution in [2.45, 2.75) is 85.1 Å². The van der Waals surface area contributed by atoms with Crippen molar-refractivity contribution < 1.29 is 8.85 Å². The first-order valence-electron chi connectivity index (χ1n) is 7.65. The summed E-state index contributed by atoms with van der Waals surface area (Å²) >= 11 is 0. The average Bonchev–Trinajstić information content (AvgIpc) is 2.41. The topological polar surface area (TPSA) is 18.5 Å². The standard InChI is InChI=1S/C15H34O2Si2/c1-15(2,3)12-10-11-13(16-18(4,5)6)14(12)17-19(7,8)9/h12-14H,10-11H2,1-9H3. The molecule has 0 radical (unpaired) electrons. The maximum Gasteiger partial charge on any atom is 0.184 e. The molecule has 3 atom stereocenters. The highest BCUT2D eigenvalue weighted by atomic mass is 28.4. The van der Waals surface area contributed by atoms with E-state index in [2.05, 4.69) is 60.1 Å². The molecule has 0 spiro atoms. The summed E-state index contributed by atoms with van der Waals surface area (Å²) in [5.41, 5.74) is 0.307. The molecule has 0 saturated heterocycles. The molecule has 0 amide bonds. The minimum Gasteiger partial charge on any atom is -0.412 e. The molecule has 1 saturated carbocycles. The zero-order valence-corrected chi connectivity index (χ0v) is 16.5. The van der Waals surface area contributed by atoms with E-state index >= 15 is 0 Å². The van der Waals surface area contributed by atoms with Gasteiger partial charge >= 0.3 is 0 Å². The molecule has 3 unspecified atom stereocenters. The third-order valence-electron chi connectivity index (χ3n) is 3.63. The smallest absolute Gasteiger partial charge is 0.184 e. The minimum atomic E-state index is -1.52. The molecule has 0 aromatic heterocycles. The van der Waals surface area contributed by atoms with Gasteiger partial charge in [0.15, 0.2) is 16.6 Å². The summed E-state index contributed by atoms with van der Waals surface area (Å²) in [6.45, 7) is 20.7. The van der Waals surface area contributed by atoms with Gasteiger partial charge in [-0.15, -0.1) is 0 Å². The molecular formula is C15H34O2Si2. The molecule has 0 bridgehead atoms. The van der Waals surface area contributed by atoms with Crippen molar-refractivity contribution in [1.29, 1.82) is 0 Å².